The molecule has 2 aromatic carbocycles. The fraction of sp³-hybridized carbons (Fsp3) is 0.294. The van der Waals surface area contributed by atoms with Crippen molar-refractivity contribution in [1.82, 2.24) is 0 Å². The van der Waals surface area contributed by atoms with Crippen LogP contribution < -0.4 is 4.74 Å². The van der Waals surface area contributed by atoms with E-state index in [9.17, 15) is 0 Å². The first-order valence-electron chi connectivity index (χ1n) is 6.78. The molecule has 98 valence electrons. The number of hydrogen-bond donors (Lipinski definition) is 0. The lowest BCUT2D eigenvalue weighted by atomic mass is 10.0. The van der Waals surface area contributed by atoms with Crippen LogP contribution in [0.5, 0.6) is 5.75 Å². The van der Waals surface area contributed by atoms with Crippen LogP contribution in [0.2, 0.25) is 0 Å². The molecule has 1 aliphatic heterocycles. The monoisotopic (exact) mass is 270 g/mol. The van der Waals surface area contributed by atoms with Crippen molar-refractivity contribution in [1.29, 1.82) is 0 Å². The van der Waals surface area contributed by atoms with Crippen molar-refractivity contribution >= 4 is 11.8 Å². The molecule has 0 fully saturated rings. The highest BCUT2D eigenvalue weighted by Crippen LogP contribution is 2.36. The summed E-state index contributed by atoms with van der Waals surface area (Å²) in [6.07, 6.45) is 2.60. The Hall–Kier alpha value is -1.41. The smallest absolute Gasteiger partial charge is 0.124 e. The maximum atomic E-state index is 5.91. The predicted molar refractivity (Wildman–Crippen MR) is 80.9 cm³/mol. The van der Waals surface area contributed by atoms with Crippen LogP contribution in [-0.2, 0) is 12.2 Å². The molecule has 0 spiro atoms. The van der Waals surface area contributed by atoms with Gasteiger partial charge in [-0.1, -0.05) is 36.4 Å². The Bertz CT molecular complexity index is 550. The van der Waals surface area contributed by atoms with E-state index in [1.165, 1.54) is 16.0 Å². The van der Waals surface area contributed by atoms with E-state index in [0.29, 0.717) is 6.10 Å². The third kappa shape index (κ3) is 2.95. The minimum Gasteiger partial charge on any atom is -0.490 e. The number of hydrogen-bond acceptors (Lipinski definition) is 2. The van der Waals surface area contributed by atoms with Crippen molar-refractivity contribution in [2.75, 3.05) is 0 Å². The van der Waals surface area contributed by atoms with Crippen molar-refractivity contribution in [2.24, 2.45) is 0 Å². The summed E-state index contributed by atoms with van der Waals surface area (Å²) in [5.41, 5.74) is 2.76. The highest BCUT2D eigenvalue weighted by Gasteiger charge is 2.18. The molecule has 0 aromatic heterocycles. The zero-order valence-corrected chi connectivity index (χ0v) is 12.0. The molecule has 0 N–H and O–H groups in total. The Labute approximate surface area is 119 Å². The van der Waals surface area contributed by atoms with E-state index in [1.54, 1.807) is 0 Å². The lowest BCUT2D eigenvalue weighted by molar-refractivity contribution is 0.191. The van der Waals surface area contributed by atoms with Crippen molar-refractivity contribution in [2.45, 2.75) is 36.5 Å². The van der Waals surface area contributed by atoms with E-state index in [0.717, 1.165) is 24.3 Å². The van der Waals surface area contributed by atoms with E-state index in [-0.39, 0.29) is 0 Å². The molecule has 0 aliphatic carbocycles. The minimum absolute atomic E-state index is 0.349. The van der Waals surface area contributed by atoms with Gasteiger partial charge in [0.05, 0.1) is 6.10 Å². The highest BCUT2D eigenvalue weighted by atomic mass is 32.2. The van der Waals surface area contributed by atoms with Gasteiger partial charge in [0.25, 0.3) is 0 Å². The fourth-order valence-corrected chi connectivity index (χ4v) is 3.46. The van der Waals surface area contributed by atoms with Crippen molar-refractivity contribution < 1.29 is 4.74 Å². The predicted octanol–water partition coefficient (Wildman–Crippen LogP) is 4.69. The molecule has 1 aliphatic rings. The van der Waals surface area contributed by atoms with Gasteiger partial charge in [0.1, 0.15) is 5.75 Å². The molecule has 3 rings (SSSR count). The van der Waals surface area contributed by atoms with Gasteiger partial charge < -0.3 is 4.74 Å². The first-order chi connectivity index (χ1) is 9.33. The molecule has 1 atom stereocenters. The summed E-state index contributed by atoms with van der Waals surface area (Å²) >= 11 is 1.91. The molecule has 2 heteroatoms. The summed E-state index contributed by atoms with van der Waals surface area (Å²) in [6, 6.07) is 17.0. The summed E-state index contributed by atoms with van der Waals surface area (Å²) in [5, 5.41) is 0. The van der Waals surface area contributed by atoms with Gasteiger partial charge in [0.15, 0.2) is 0 Å². The minimum atomic E-state index is 0.349. The maximum Gasteiger partial charge on any atom is 0.124 e. The van der Waals surface area contributed by atoms with Crippen LogP contribution >= 0.6 is 11.8 Å². The van der Waals surface area contributed by atoms with Gasteiger partial charge in [-0.3, -0.25) is 0 Å². The van der Waals surface area contributed by atoms with E-state index in [4.69, 9.17) is 4.74 Å². The topological polar surface area (TPSA) is 9.23 Å². The number of thioether (sulfide) groups is 1. The van der Waals surface area contributed by atoms with E-state index >= 15 is 0 Å². The van der Waals surface area contributed by atoms with E-state index < -0.39 is 0 Å². The summed E-state index contributed by atoms with van der Waals surface area (Å²) in [7, 11) is 0. The molecule has 0 radical (unpaired) electrons. The summed E-state index contributed by atoms with van der Waals surface area (Å²) < 4.78 is 5.91. The molecule has 0 saturated heterocycles. The third-order valence-corrected chi connectivity index (χ3v) is 4.63. The lowest BCUT2D eigenvalue weighted by Crippen LogP contribution is -2.19. The Morgan fingerprint density at radius 2 is 1.95 bits per heavy atom. The first-order valence-corrected chi connectivity index (χ1v) is 7.77. The van der Waals surface area contributed by atoms with Crippen LogP contribution in [0.4, 0.5) is 0 Å². The number of fused-ring (bicyclic) bond motifs is 1. The molecule has 1 heterocycles. The molecule has 0 bridgehead atoms. The standard InChI is InChI=1S/C17H18OS/c1-13-10-11-15-16(18-13)8-5-9-17(15)19-12-14-6-3-2-4-7-14/h2-9,13H,10-12H2,1H3. The zero-order valence-electron chi connectivity index (χ0n) is 11.1. The van der Waals surface area contributed by atoms with Crippen molar-refractivity contribution in [3.63, 3.8) is 0 Å². The Kier molecular flexibility index (Phi) is 3.79. The van der Waals surface area contributed by atoms with Crippen LogP contribution in [0, 0.1) is 0 Å². The molecule has 0 saturated carbocycles. The molecule has 1 nitrogen and oxygen atoms in total. The molecular formula is C17H18OS. The fourth-order valence-electron chi connectivity index (χ4n) is 2.40. The van der Waals surface area contributed by atoms with Crippen LogP contribution in [0.3, 0.4) is 0 Å². The van der Waals surface area contributed by atoms with Gasteiger partial charge in [-0.25, -0.2) is 0 Å². The second kappa shape index (κ2) is 5.70. The summed E-state index contributed by atoms with van der Waals surface area (Å²) in [4.78, 5) is 1.37. The number of ether oxygens (including phenoxy) is 1. The van der Waals surface area contributed by atoms with Crippen molar-refractivity contribution in [3.8, 4) is 5.75 Å². The second-order valence-electron chi connectivity index (χ2n) is 4.97. The highest BCUT2D eigenvalue weighted by molar-refractivity contribution is 7.98. The van der Waals surface area contributed by atoms with Crippen LogP contribution in [0.25, 0.3) is 0 Å². The van der Waals surface area contributed by atoms with E-state index in [2.05, 4.69) is 55.5 Å². The SMILES string of the molecule is CC1CCc2c(cccc2SCc2ccccc2)O1. The molecule has 1 unspecified atom stereocenters. The molecular weight excluding hydrogens is 252 g/mol. The van der Waals surface area contributed by atoms with Gasteiger partial charge in [-0.05, 0) is 37.5 Å². The molecule has 19 heavy (non-hydrogen) atoms. The average Bonchev–Trinajstić information content (AvgIpc) is 2.45. The first kappa shape index (κ1) is 12.6. The third-order valence-electron chi connectivity index (χ3n) is 3.46. The average molecular weight is 270 g/mol. The van der Waals surface area contributed by atoms with Crippen LogP contribution in [-0.4, -0.2) is 6.10 Å². The van der Waals surface area contributed by atoms with Crippen molar-refractivity contribution in [3.05, 3.63) is 59.7 Å². The van der Waals surface area contributed by atoms with Gasteiger partial charge in [-0.15, -0.1) is 11.8 Å². The normalized spacial score (nSPS) is 17.6. The molecule has 0 amide bonds. The quantitative estimate of drug-likeness (QED) is 0.748. The largest absolute Gasteiger partial charge is 0.490 e. The Morgan fingerprint density at radius 1 is 1.11 bits per heavy atom. The molecule has 2 aromatic rings. The zero-order chi connectivity index (χ0) is 13.1. The Balaban J connectivity index is 1.77. The lowest BCUT2D eigenvalue weighted by Gasteiger charge is -2.25. The number of benzene rings is 2. The van der Waals surface area contributed by atoms with Gasteiger partial charge >= 0.3 is 0 Å². The number of rotatable bonds is 3. The van der Waals surface area contributed by atoms with Crippen LogP contribution in [0.1, 0.15) is 24.5 Å². The van der Waals surface area contributed by atoms with Crippen LogP contribution in [0.15, 0.2) is 53.4 Å². The van der Waals surface area contributed by atoms with E-state index in [1.807, 2.05) is 11.8 Å². The second-order valence-corrected chi connectivity index (χ2v) is 5.99. The maximum absolute atomic E-state index is 5.91. The summed E-state index contributed by atoms with van der Waals surface area (Å²) in [5.74, 6) is 2.10. The van der Waals surface area contributed by atoms with Gasteiger partial charge in [-0.2, -0.15) is 0 Å². The summed E-state index contributed by atoms with van der Waals surface area (Å²) in [6.45, 7) is 2.15. The Morgan fingerprint density at radius 3 is 2.79 bits per heavy atom. The van der Waals surface area contributed by atoms with Gasteiger partial charge in [0.2, 0.25) is 0 Å². The van der Waals surface area contributed by atoms with Gasteiger partial charge in [0, 0.05) is 16.2 Å².